The van der Waals surface area contributed by atoms with Gasteiger partial charge in [-0.25, -0.2) is 4.39 Å². The van der Waals surface area contributed by atoms with Crippen molar-refractivity contribution in [1.82, 2.24) is 0 Å². The lowest BCUT2D eigenvalue weighted by Gasteiger charge is -2.06. The maximum absolute atomic E-state index is 12.5. The van der Waals surface area contributed by atoms with E-state index in [1.807, 2.05) is 0 Å². The number of nitrogens with two attached hydrogens (primary N) is 1. The van der Waals surface area contributed by atoms with Gasteiger partial charge in [-0.15, -0.1) is 0 Å². The molecule has 92 valence electrons. The zero-order valence-corrected chi connectivity index (χ0v) is 9.03. The summed E-state index contributed by atoms with van der Waals surface area (Å²) in [6, 6.07) is 4.07. The van der Waals surface area contributed by atoms with Crippen LogP contribution in [-0.4, -0.2) is 24.6 Å². The molecule has 0 heterocycles. The average Bonchev–Trinajstić information content (AvgIpc) is 2.15. The number of halogens is 1. The Hall–Kier alpha value is -1.42. The lowest BCUT2D eigenvalue weighted by atomic mass is 10.3. The first-order valence-electron chi connectivity index (χ1n) is 3.78. The van der Waals surface area contributed by atoms with Crippen LogP contribution in [0.4, 0.5) is 10.1 Å². The van der Waals surface area contributed by atoms with Crippen LogP contribution in [0.2, 0.25) is 0 Å². The van der Waals surface area contributed by atoms with Crippen molar-refractivity contribution in [3.63, 3.8) is 0 Å². The molecule has 0 saturated carbocycles. The van der Waals surface area contributed by atoms with Crippen LogP contribution in [-0.2, 0) is 10.4 Å². The van der Waals surface area contributed by atoms with Gasteiger partial charge in [0.05, 0.1) is 12.8 Å². The molecule has 0 aromatic heterocycles. The SMILES string of the molecule is COc1cc(F)ccc1NN.O=S(=O)(O)O. The Morgan fingerprint density at radius 1 is 1.44 bits per heavy atom. The highest BCUT2D eigenvalue weighted by Gasteiger charge is 2.00. The summed E-state index contributed by atoms with van der Waals surface area (Å²) < 4.78 is 48.9. The molecule has 0 unspecified atom stereocenters. The van der Waals surface area contributed by atoms with E-state index in [-0.39, 0.29) is 5.82 Å². The minimum Gasteiger partial charge on any atom is -0.494 e. The maximum atomic E-state index is 12.5. The Labute approximate surface area is 91.6 Å². The summed E-state index contributed by atoms with van der Waals surface area (Å²) in [6.07, 6.45) is 0. The highest BCUT2D eigenvalue weighted by atomic mass is 32.3. The van der Waals surface area contributed by atoms with Gasteiger partial charge < -0.3 is 10.2 Å². The first-order chi connectivity index (χ1) is 7.27. The minimum absolute atomic E-state index is 0.346. The van der Waals surface area contributed by atoms with Crippen molar-refractivity contribution in [2.24, 2.45) is 5.84 Å². The smallest absolute Gasteiger partial charge is 0.394 e. The topological polar surface area (TPSA) is 122 Å². The van der Waals surface area contributed by atoms with Gasteiger partial charge in [0, 0.05) is 6.07 Å². The number of methoxy groups -OCH3 is 1. The fraction of sp³-hybridized carbons (Fsp3) is 0.143. The van der Waals surface area contributed by atoms with E-state index in [4.69, 9.17) is 28.1 Å². The van der Waals surface area contributed by atoms with Crippen molar-refractivity contribution in [3.8, 4) is 5.75 Å². The van der Waals surface area contributed by atoms with Crippen LogP contribution in [0.25, 0.3) is 0 Å². The molecule has 5 N–H and O–H groups in total. The molecule has 0 saturated heterocycles. The predicted molar refractivity (Wildman–Crippen MR) is 54.9 cm³/mol. The predicted octanol–water partition coefficient (Wildman–Crippen LogP) is 0.467. The third kappa shape index (κ3) is 6.95. The molecule has 0 aliphatic rings. The number of hydrazine groups is 1. The number of anilines is 1. The quantitative estimate of drug-likeness (QED) is 0.343. The second-order valence-corrected chi connectivity index (χ2v) is 3.33. The number of ether oxygens (including phenoxy) is 1. The van der Waals surface area contributed by atoms with Gasteiger partial charge in [-0.2, -0.15) is 8.42 Å². The van der Waals surface area contributed by atoms with Crippen molar-refractivity contribution in [2.45, 2.75) is 0 Å². The third-order valence-corrected chi connectivity index (χ3v) is 1.32. The molecule has 0 atom stereocenters. The molecule has 0 aliphatic carbocycles. The van der Waals surface area contributed by atoms with Crippen molar-refractivity contribution in [1.29, 1.82) is 0 Å². The average molecular weight is 254 g/mol. The molecule has 7 nitrogen and oxygen atoms in total. The van der Waals surface area contributed by atoms with E-state index >= 15 is 0 Å². The van der Waals surface area contributed by atoms with Crippen LogP contribution in [0.5, 0.6) is 5.75 Å². The van der Waals surface area contributed by atoms with Crippen LogP contribution in [0.1, 0.15) is 0 Å². The fourth-order valence-electron chi connectivity index (χ4n) is 0.784. The van der Waals surface area contributed by atoms with Crippen LogP contribution in [0.3, 0.4) is 0 Å². The Balaban J connectivity index is 0.000000385. The standard InChI is InChI=1S/C7H9FN2O.H2O4S/c1-11-7-4-5(8)2-3-6(7)10-9;1-5(2,3)4/h2-4,10H,9H2,1H3;(H2,1,2,3,4). The van der Waals surface area contributed by atoms with E-state index < -0.39 is 10.4 Å². The summed E-state index contributed by atoms with van der Waals surface area (Å²) in [7, 11) is -3.21. The second-order valence-electron chi connectivity index (χ2n) is 2.44. The monoisotopic (exact) mass is 254 g/mol. The molecule has 9 heteroatoms. The molecular formula is C7H11FN2O5S. The Bertz CT molecular complexity index is 428. The van der Waals surface area contributed by atoms with E-state index in [1.54, 1.807) is 0 Å². The molecule has 1 aromatic rings. The highest BCUT2D eigenvalue weighted by Crippen LogP contribution is 2.23. The van der Waals surface area contributed by atoms with Gasteiger partial charge in [0.1, 0.15) is 11.6 Å². The molecule has 0 fully saturated rings. The number of hydrogen-bond donors (Lipinski definition) is 4. The number of nitrogens with one attached hydrogen (secondary N) is 1. The molecule has 0 amide bonds. The molecule has 0 radical (unpaired) electrons. The van der Waals surface area contributed by atoms with Gasteiger partial charge >= 0.3 is 10.4 Å². The zero-order valence-electron chi connectivity index (χ0n) is 8.21. The van der Waals surface area contributed by atoms with Gasteiger partial charge in [-0.1, -0.05) is 0 Å². The van der Waals surface area contributed by atoms with Crippen molar-refractivity contribution in [2.75, 3.05) is 12.5 Å². The highest BCUT2D eigenvalue weighted by molar-refractivity contribution is 7.79. The summed E-state index contributed by atoms with van der Waals surface area (Å²) >= 11 is 0. The molecule has 16 heavy (non-hydrogen) atoms. The van der Waals surface area contributed by atoms with Gasteiger partial charge in [-0.3, -0.25) is 14.9 Å². The molecule has 1 aromatic carbocycles. The van der Waals surface area contributed by atoms with Gasteiger partial charge in [0.2, 0.25) is 0 Å². The van der Waals surface area contributed by atoms with E-state index in [0.29, 0.717) is 11.4 Å². The number of rotatable bonds is 2. The number of nitrogen functional groups attached to an aromatic ring is 1. The van der Waals surface area contributed by atoms with Crippen molar-refractivity contribution >= 4 is 16.1 Å². The van der Waals surface area contributed by atoms with E-state index in [9.17, 15) is 4.39 Å². The lowest BCUT2D eigenvalue weighted by molar-refractivity contribution is 0.381. The van der Waals surface area contributed by atoms with E-state index in [1.165, 1.54) is 25.3 Å². The summed E-state index contributed by atoms with van der Waals surface area (Å²) in [5.41, 5.74) is 2.95. The molecule has 1 rings (SSSR count). The Morgan fingerprint density at radius 3 is 2.31 bits per heavy atom. The lowest BCUT2D eigenvalue weighted by Crippen LogP contribution is -2.08. The van der Waals surface area contributed by atoms with Gasteiger partial charge in [-0.05, 0) is 12.1 Å². The van der Waals surface area contributed by atoms with Crippen LogP contribution >= 0.6 is 0 Å². The first kappa shape index (κ1) is 14.6. The Morgan fingerprint density at radius 2 is 1.94 bits per heavy atom. The minimum atomic E-state index is -4.67. The largest absolute Gasteiger partial charge is 0.494 e. The molecule has 0 aliphatic heterocycles. The summed E-state index contributed by atoms with van der Waals surface area (Å²) in [4.78, 5) is 0. The van der Waals surface area contributed by atoms with Gasteiger partial charge in [0.15, 0.2) is 0 Å². The summed E-state index contributed by atoms with van der Waals surface area (Å²) in [6.45, 7) is 0. The second kappa shape index (κ2) is 6.23. The van der Waals surface area contributed by atoms with Crippen molar-refractivity contribution in [3.05, 3.63) is 24.0 Å². The summed E-state index contributed by atoms with van der Waals surface area (Å²) in [5, 5.41) is 0. The van der Waals surface area contributed by atoms with E-state index in [2.05, 4.69) is 5.43 Å². The fourth-order valence-corrected chi connectivity index (χ4v) is 0.784. The zero-order chi connectivity index (χ0) is 12.8. The third-order valence-electron chi connectivity index (χ3n) is 1.32. The summed E-state index contributed by atoms with van der Waals surface area (Å²) in [5.74, 6) is 5.17. The first-order valence-corrected chi connectivity index (χ1v) is 5.17. The van der Waals surface area contributed by atoms with Crippen molar-refractivity contribution < 1.29 is 26.7 Å². The van der Waals surface area contributed by atoms with E-state index in [0.717, 1.165) is 0 Å². The van der Waals surface area contributed by atoms with Crippen LogP contribution < -0.4 is 16.0 Å². The Kier molecular flexibility index (Phi) is 5.67. The van der Waals surface area contributed by atoms with Gasteiger partial charge in [0.25, 0.3) is 0 Å². The molecular weight excluding hydrogens is 243 g/mol. The maximum Gasteiger partial charge on any atom is 0.394 e. The number of hydrogen-bond acceptors (Lipinski definition) is 5. The molecule has 0 bridgehead atoms. The molecule has 0 spiro atoms. The number of benzene rings is 1. The van der Waals surface area contributed by atoms with Crippen LogP contribution in [0, 0.1) is 5.82 Å². The van der Waals surface area contributed by atoms with Crippen LogP contribution in [0.15, 0.2) is 18.2 Å². The normalized spacial score (nSPS) is 10.1.